The zero-order valence-electron chi connectivity index (χ0n) is 17.9. The predicted octanol–water partition coefficient (Wildman–Crippen LogP) is 3.35. The Morgan fingerprint density at radius 1 is 1.18 bits per heavy atom. The van der Waals surface area contributed by atoms with Crippen LogP contribution in [0.4, 0.5) is 16.0 Å². The number of aryl methyl sites for hydroxylation is 1. The number of aliphatic hydroxyl groups excluding tert-OH is 2. The van der Waals surface area contributed by atoms with Gasteiger partial charge in [0.05, 0.1) is 27.5 Å². The molecule has 1 aliphatic rings. The molecule has 0 spiro atoms. The number of benzene rings is 1. The molecule has 4 aromatic rings. The number of hydrogen-bond donors (Lipinski definition) is 4. The molecule has 6 N–H and O–H groups in total. The van der Waals surface area contributed by atoms with Gasteiger partial charge < -0.3 is 26.2 Å². The average Bonchev–Trinajstić information content (AvgIpc) is 3.30. The highest BCUT2D eigenvalue weighted by atomic mass is 79.9. The number of aliphatic hydroxyl groups is 2. The summed E-state index contributed by atoms with van der Waals surface area (Å²) in [7, 11) is 0. The molecule has 5 rings (SSSR count). The van der Waals surface area contributed by atoms with Crippen molar-refractivity contribution < 1.29 is 14.6 Å². The summed E-state index contributed by atoms with van der Waals surface area (Å²) in [6, 6.07) is 6.37. The zero-order valence-corrected chi connectivity index (χ0v) is 19.5. The molecule has 172 valence electrons. The van der Waals surface area contributed by atoms with Crippen LogP contribution in [0.1, 0.15) is 31.4 Å². The van der Waals surface area contributed by atoms with E-state index in [0.29, 0.717) is 57.3 Å². The second kappa shape index (κ2) is 7.89. The van der Waals surface area contributed by atoms with E-state index >= 15 is 0 Å². The fraction of sp³-hybridized carbons (Fsp3) is 0.348. The van der Waals surface area contributed by atoms with Gasteiger partial charge in [-0.05, 0) is 70.4 Å². The Morgan fingerprint density at radius 3 is 2.76 bits per heavy atom. The lowest BCUT2D eigenvalue weighted by molar-refractivity contribution is -0.0241. The molecular weight excluding hydrogens is 491 g/mol. The van der Waals surface area contributed by atoms with Crippen molar-refractivity contribution in [3.8, 4) is 0 Å². The maximum absolute atomic E-state index is 14.7. The van der Waals surface area contributed by atoms with E-state index in [0.717, 1.165) is 5.56 Å². The van der Waals surface area contributed by atoms with Crippen molar-refractivity contribution >= 4 is 49.5 Å². The van der Waals surface area contributed by atoms with Crippen LogP contribution >= 0.6 is 15.9 Å². The van der Waals surface area contributed by atoms with E-state index in [1.807, 2.05) is 29.8 Å². The molecule has 0 bridgehead atoms. The van der Waals surface area contributed by atoms with Gasteiger partial charge in [-0.25, -0.2) is 19.3 Å². The molecule has 1 saturated carbocycles. The first-order chi connectivity index (χ1) is 15.7. The van der Waals surface area contributed by atoms with Crippen molar-refractivity contribution in [2.75, 3.05) is 11.5 Å². The number of fused-ring (bicyclic) bond motifs is 2. The van der Waals surface area contributed by atoms with Gasteiger partial charge in [0.25, 0.3) is 0 Å². The second-order valence-corrected chi connectivity index (χ2v) is 9.93. The Kier molecular flexibility index (Phi) is 5.26. The first-order valence-electron chi connectivity index (χ1n) is 10.7. The van der Waals surface area contributed by atoms with Crippen LogP contribution in [-0.2, 0) is 6.42 Å². The molecule has 33 heavy (non-hydrogen) atoms. The molecule has 3 heterocycles. The van der Waals surface area contributed by atoms with Gasteiger partial charge in [-0.3, -0.25) is 0 Å². The SMILES string of the molecule is CC1(CCc2cc(F)c3cc(Br)c(N)nc3c2)C[C@@H](n2ccc3c(N)ncnc32)[C@H](O)[C@@H]1O. The third-order valence-electron chi connectivity index (χ3n) is 6.91. The fourth-order valence-corrected chi connectivity index (χ4v) is 5.28. The molecule has 0 aliphatic heterocycles. The van der Waals surface area contributed by atoms with E-state index in [1.54, 1.807) is 6.07 Å². The Bertz CT molecular complexity index is 1380. The first kappa shape index (κ1) is 22.0. The highest BCUT2D eigenvalue weighted by Gasteiger charge is 2.50. The molecule has 4 atom stereocenters. The Morgan fingerprint density at radius 2 is 1.97 bits per heavy atom. The van der Waals surface area contributed by atoms with Gasteiger partial charge in [-0.2, -0.15) is 0 Å². The topological polar surface area (TPSA) is 136 Å². The Balaban J connectivity index is 1.40. The third kappa shape index (κ3) is 3.62. The molecule has 8 nitrogen and oxygen atoms in total. The lowest BCUT2D eigenvalue weighted by atomic mass is 9.80. The van der Waals surface area contributed by atoms with Crippen molar-refractivity contribution in [3.05, 3.63) is 52.6 Å². The summed E-state index contributed by atoms with van der Waals surface area (Å²) in [5.41, 5.74) is 13.1. The van der Waals surface area contributed by atoms with Crippen molar-refractivity contribution in [3.63, 3.8) is 0 Å². The van der Waals surface area contributed by atoms with E-state index in [9.17, 15) is 14.6 Å². The van der Waals surface area contributed by atoms with Gasteiger partial charge in [0.15, 0.2) is 0 Å². The summed E-state index contributed by atoms with van der Waals surface area (Å²) < 4.78 is 17.1. The van der Waals surface area contributed by atoms with Crippen molar-refractivity contribution in [1.82, 2.24) is 19.5 Å². The van der Waals surface area contributed by atoms with E-state index < -0.39 is 17.6 Å². The molecule has 1 aliphatic carbocycles. The molecule has 0 amide bonds. The monoisotopic (exact) mass is 514 g/mol. The van der Waals surface area contributed by atoms with Crippen LogP contribution in [0.15, 0.2) is 41.3 Å². The summed E-state index contributed by atoms with van der Waals surface area (Å²) in [6.45, 7) is 1.95. The molecule has 0 saturated heterocycles. The van der Waals surface area contributed by atoms with Crippen LogP contribution in [0, 0.1) is 11.2 Å². The van der Waals surface area contributed by atoms with Gasteiger partial charge in [0.2, 0.25) is 0 Å². The van der Waals surface area contributed by atoms with Gasteiger partial charge in [-0.15, -0.1) is 0 Å². The highest BCUT2D eigenvalue weighted by Crippen LogP contribution is 2.48. The number of rotatable bonds is 4. The van der Waals surface area contributed by atoms with E-state index in [2.05, 4.69) is 30.9 Å². The van der Waals surface area contributed by atoms with Crippen molar-refractivity contribution in [2.24, 2.45) is 5.41 Å². The molecular formula is C23H24BrFN6O2. The van der Waals surface area contributed by atoms with Crippen LogP contribution in [0.25, 0.3) is 21.9 Å². The number of pyridine rings is 1. The first-order valence-corrected chi connectivity index (χ1v) is 11.4. The second-order valence-electron chi connectivity index (χ2n) is 9.08. The number of anilines is 2. The molecule has 1 aromatic carbocycles. The van der Waals surface area contributed by atoms with E-state index in [-0.39, 0.29) is 11.9 Å². The minimum absolute atomic E-state index is 0.298. The third-order valence-corrected chi connectivity index (χ3v) is 7.55. The van der Waals surface area contributed by atoms with Crippen LogP contribution in [-0.4, -0.2) is 41.9 Å². The van der Waals surface area contributed by atoms with Gasteiger partial charge in [0, 0.05) is 11.6 Å². The number of nitrogens with two attached hydrogens (primary N) is 2. The minimum Gasteiger partial charge on any atom is -0.390 e. The summed E-state index contributed by atoms with van der Waals surface area (Å²) in [5, 5.41) is 23.0. The number of aromatic nitrogens is 4. The molecule has 1 unspecified atom stereocenters. The minimum atomic E-state index is -0.978. The smallest absolute Gasteiger partial charge is 0.145 e. The summed E-state index contributed by atoms with van der Waals surface area (Å²) in [5.74, 6) is 0.294. The molecule has 1 fully saturated rings. The predicted molar refractivity (Wildman–Crippen MR) is 128 cm³/mol. The quantitative estimate of drug-likeness (QED) is 0.327. The van der Waals surface area contributed by atoms with E-state index in [1.165, 1.54) is 12.4 Å². The Labute approximate surface area is 197 Å². The number of hydrogen-bond acceptors (Lipinski definition) is 7. The lowest BCUT2D eigenvalue weighted by Crippen LogP contribution is -2.35. The maximum atomic E-state index is 14.7. The van der Waals surface area contributed by atoms with Crippen molar-refractivity contribution in [1.29, 1.82) is 0 Å². The number of nitrogen functional groups attached to an aromatic ring is 2. The van der Waals surface area contributed by atoms with Gasteiger partial charge >= 0.3 is 0 Å². The molecule has 0 radical (unpaired) electrons. The van der Waals surface area contributed by atoms with Crippen molar-refractivity contribution in [2.45, 2.75) is 44.4 Å². The fourth-order valence-electron chi connectivity index (χ4n) is 4.96. The maximum Gasteiger partial charge on any atom is 0.145 e. The average molecular weight is 515 g/mol. The molecule has 3 aromatic heterocycles. The van der Waals surface area contributed by atoms with Crippen LogP contribution < -0.4 is 11.5 Å². The van der Waals surface area contributed by atoms with Crippen LogP contribution in [0.2, 0.25) is 0 Å². The van der Waals surface area contributed by atoms with Gasteiger partial charge in [0.1, 0.15) is 35.5 Å². The molecule has 10 heteroatoms. The summed E-state index contributed by atoms with van der Waals surface area (Å²) >= 11 is 3.28. The highest BCUT2D eigenvalue weighted by molar-refractivity contribution is 9.10. The van der Waals surface area contributed by atoms with E-state index in [4.69, 9.17) is 11.5 Å². The summed E-state index contributed by atoms with van der Waals surface area (Å²) in [6.07, 6.45) is 2.86. The largest absolute Gasteiger partial charge is 0.390 e. The number of halogens is 2. The number of nitrogens with zero attached hydrogens (tertiary/aromatic N) is 4. The zero-order chi connectivity index (χ0) is 23.5. The standard InChI is InChI=1S/C23H24BrFN6O2/c1-23(4-2-11-6-15(25)13-8-14(24)21(27)30-16(13)7-11)9-17(18(32)19(23)33)31-5-3-12-20(26)28-10-29-22(12)31/h3,5-8,10,17-19,32-33H,2,4,9H2,1H3,(H2,27,30)(H2,26,28,29)/t17-,18+,19+,23?/m1/s1. The normalized spacial score (nSPS) is 25.3. The van der Waals surface area contributed by atoms with Gasteiger partial charge in [-0.1, -0.05) is 6.92 Å². The van der Waals surface area contributed by atoms with Crippen LogP contribution in [0.5, 0.6) is 0 Å². The lowest BCUT2D eigenvalue weighted by Gasteiger charge is -2.28. The summed E-state index contributed by atoms with van der Waals surface area (Å²) in [4.78, 5) is 12.6. The van der Waals surface area contributed by atoms with Crippen LogP contribution in [0.3, 0.4) is 0 Å². The Hall–Kier alpha value is -2.82.